The lowest BCUT2D eigenvalue weighted by molar-refractivity contribution is 0.174. The van der Waals surface area contributed by atoms with Gasteiger partial charge in [0, 0.05) is 37.2 Å². The number of nitrogens with zero attached hydrogens (tertiary/aromatic N) is 2. The third-order valence-corrected chi connectivity index (χ3v) is 4.16. The van der Waals surface area contributed by atoms with Gasteiger partial charge < -0.3 is 20.1 Å². The number of amides is 2. The summed E-state index contributed by atoms with van der Waals surface area (Å²) in [6.07, 6.45) is 5.20. The van der Waals surface area contributed by atoms with Crippen molar-refractivity contribution in [1.29, 1.82) is 0 Å². The molecule has 7 nitrogen and oxygen atoms in total. The van der Waals surface area contributed by atoms with Crippen LogP contribution >= 0.6 is 0 Å². The maximum absolute atomic E-state index is 12.2. The fourth-order valence-corrected chi connectivity index (χ4v) is 2.82. The van der Waals surface area contributed by atoms with Gasteiger partial charge in [0.05, 0.1) is 5.69 Å². The lowest BCUT2D eigenvalue weighted by atomic mass is 10.1. The van der Waals surface area contributed by atoms with E-state index in [9.17, 15) is 4.79 Å². The number of hydrogen-bond acceptors (Lipinski definition) is 5. The minimum Gasteiger partial charge on any atom is -0.454 e. The molecule has 0 unspecified atom stereocenters. The van der Waals surface area contributed by atoms with E-state index in [0.717, 1.165) is 28.1 Å². The molecule has 0 atom stereocenters. The van der Waals surface area contributed by atoms with Crippen molar-refractivity contribution in [3.05, 3.63) is 72.2 Å². The Morgan fingerprint density at radius 3 is 2.74 bits per heavy atom. The van der Waals surface area contributed by atoms with Crippen LogP contribution in [0.4, 0.5) is 4.79 Å². The highest BCUT2D eigenvalue weighted by atomic mass is 16.7. The molecule has 27 heavy (non-hydrogen) atoms. The van der Waals surface area contributed by atoms with Crippen molar-refractivity contribution in [1.82, 2.24) is 20.6 Å². The number of ether oxygens (including phenoxy) is 2. The molecule has 1 aliphatic rings. The van der Waals surface area contributed by atoms with E-state index in [4.69, 9.17) is 9.47 Å². The fraction of sp³-hybridized carbons (Fsp3) is 0.150. The zero-order valence-electron chi connectivity index (χ0n) is 14.5. The molecule has 1 aliphatic heterocycles. The minimum atomic E-state index is -0.256. The molecule has 136 valence electrons. The van der Waals surface area contributed by atoms with Crippen LogP contribution in [0.15, 0.2) is 61.1 Å². The van der Waals surface area contributed by atoms with Crippen molar-refractivity contribution in [2.24, 2.45) is 0 Å². The molecule has 0 saturated carbocycles. The second kappa shape index (κ2) is 7.74. The number of carbonyl (C=O) groups excluding carboxylic acids is 1. The van der Waals surface area contributed by atoms with Crippen LogP contribution in [0, 0.1) is 0 Å². The largest absolute Gasteiger partial charge is 0.454 e. The summed E-state index contributed by atoms with van der Waals surface area (Å²) in [5.41, 5.74) is 3.58. The van der Waals surface area contributed by atoms with Crippen LogP contribution in [0.5, 0.6) is 11.5 Å². The van der Waals surface area contributed by atoms with Crippen molar-refractivity contribution < 1.29 is 14.3 Å². The number of pyridine rings is 2. The zero-order chi connectivity index (χ0) is 18.5. The summed E-state index contributed by atoms with van der Waals surface area (Å²) in [7, 11) is 0. The average Bonchev–Trinajstić information content (AvgIpc) is 3.19. The highest BCUT2D eigenvalue weighted by molar-refractivity contribution is 5.74. The van der Waals surface area contributed by atoms with Crippen molar-refractivity contribution >= 4 is 6.03 Å². The predicted octanol–water partition coefficient (Wildman–Crippen LogP) is 2.87. The third kappa shape index (κ3) is 3.98. The van der Waals surface area contributed by atoms with Crippen LogP contribution in [-0.2, 0) is 13.1 Å². The molecule has 0 fully saturated rings. The van der Waals surface area contributed by atoms with Gasteiger partial charge in [0.25, 0.3) is 0 Å². The number of fused-ring (bicyclic) bond motifs is 1. The van der Waals surface area contributed by atoms with Gasteiger partial charge in [0.1, 0.15) is 0 Å². The smallest absolute Gasteiger partial charge is 0.315 e. The van der Waals surface area contributed by atoms with E-state index in [1.54, 1.807) is 18.6 Å². The Balaban J connectivity index is 1.35. The Hall–Kier alpha value is -3.61. The SMILES string of the molecule is O=C(NCc1ccc2c(c1)OCO2)NCc1cccnc1-c1cccnc1. The third-order valence-electron chi connectivity index (χ3n) is 4.16. The Bertz CT molecular complexity index is 947. The molecule has 2 N–H and O–H groups in total. The van der Waals surface area contributed by atoms with Crippen LogP contribution in [0.25, 0.3) is 11.3 Å². The average molecular weight is 362 g/mol. The van der Waals surface area contributed by atoms with E-state index in [-0.39, 0.29) is 12.8 Å². The molecule has 0 bridgehead atoms. The molecule has 0 radical (unpaired) electrons. The van der Waals surface area contributed by atoms with Crippen LogP contribution in [0.3, 0.4) is 0 Å². The Morgan fingerprint density at radius 2 is 1.85 bits per heavy atom. The number of urea groups is 1. The van der Waals surface area contributed by atoms with E-state index < -0.39 is 0 Å². The first-order valence-corrected chi connectivity index (χ1v) is 8.54. The fourth-order valence-electron chi connectivity index (χ4n) is 2.82. The van der Waals surface area contributed by atoms with Gasteiger partial charge in [-0.15, -0.1) is 0 Å². The first kappa shape index (κ1) is 16.8. The maximum Gasteiger partial charge on any atom is 0.315 e. The molecule has 0 spiro atoms. The Kier molecular flexibility index (Phi) is 4.82. The number of hydrogen-bond donors (Lipinski definition) is 2. The van der Waals surface area contributed by atoms with E-state index in [1.807, 2.05) is 42.5 Å². The number of nitrogens with one attached hydrogen (secondary N) is 2. The first-order valence-electron chi connectivity index (χ1n) is 8.54. The molecule has 3 aromatic rings. The topological polar surface area (TPSA) is 85.4 Å². The quantitative estimate of drug-likeness (QED) is 0.729. The molecule has 0 saturated heterocycles. The molecular weight excluding hydrogens is 344 g/mol. The Morgan fingerprint density at radius 1 is 1.00 bits per heavy atom. The van der Waals surface area contributed by atoms with Gasteiger partial charge in [-0.3, -0.25) is 9.97 Å². The highest BCUT2D eigenvalue weighted by Crippen LogP contribution is 2.32. The van der Waals surface area contributed by atoms with Crippen LogP contribution in [0.2, 0.25) is 0 Å². The van der Waals surface area contributed by atoms with Gasteiger partial charge in [-0.2, -0.15) is 0 Å². The predicted molar refractivity (Wildman–Crippen MR) is 99.1 cm³/mol. The molecule has 2 aromatic heterocycles. The van der Waals surface area contributed by atoms with Crippen LogP contribution < -0.4 is 20.1 Å². The minimum absolute atomic E-state index is 0.233. The molecule has 1 aromatic carbocycles. The van der Waals surface area contributed by atoms with E-state index in [1.165, 1.54) is 0 Å². The monoisotopic (exact) mass is 362 g/mol. The molecule has 3 heterocycles. The molecule has 7 heteroatoms. The summed E-state index contributed by atoms with van der Waals surface area (Å²) in [5.74, 6) is 1.42. The van der Waals surface area contributed by atoms with Crippen molar-refractivity contribution in [3.8, 4) is 22.8 Å². The second-order valence-electron chi connectivity index (χ2n) is 5.98. The van der Waals surface area contributed by atoms with Crippen LogP contribution in [-0.4, -0.2) is 22.8 Å². The summed E-state index contributed by atoms with van der Waals surface area (Å²) in [5, 5.41) is 5.71. The highest BCUT2D eigenvalue weighted by Gasteiger charge is 2.13. The van der Waals surface area contributed by atoms with Crippen molar-refractivity contribution in [3.63, 3.8) is 0 Å². The summed E-state index contributed by atoms with van der Waals surface area (Å²) in [6.45, 7) is 0.993. The van der Waals surface area contributed by atoms with Crippen molar-refractivity contribution in [2.45, 2.75) is 13.1 Å². The maximum atomic E-state index is 12.2. The summed E-state index contributed by atoms with van der Waals surface area (Å²) in [4.78, 5) is 20.7. The standard InChI is InChI=1S/C20H18N4O3/c25-20(23-10-14-5-6-17-18(9-14)27-13-26-17)24-12-16-4-2-8-22-19(16)15-3-1-7-21-11-15/h1-9,11H,10,12-13H2,(H2,23,24,25). The number of rotatable bonds is 5. The summed E-state index contributed by atoms with van der Waals surface area (Å²) in [6, 6.07) is 12.9. The van der Waals surface area contributed by atoms with Gasteiger partial charge in [-0.05, 0) is 41.5 Å². The van der Waals surface area contributed by atoms with Gasteiger partial charge in [-0.25, -0.2) is 4.79 Å². The summed E-state index contributed by atoms with van der Waals surface area (Å²) >= 11 is 0. The first-order chi connectivity index (χ1) is 13.3. The molecule has 2 amide bonds. The van der Waals surface area contributed by atoms with Gasteiger partial charge in [0.15, 0.2) is 11.5 Å². The normalized spacial score (nSPS) is 11.9. The Labute approximate surface area is 156 Å². The number of aromatic nitrogens is 2. The lowest BCUT2D eigenvalue weighted by Gasteiger charge is -2.11. The number of carbonyl (C=O) groups is 1. The van der Waals surface area contributed by atoms with E-state index in [2.05, 4.69) is 20.6 Å². The zero-order valence-corrected chi connectivity index (χ0v) is 14.5. The second-order valence-corrected chi connectivity index (χ2v) is 5.98. The van der Waals surface area contributed by atoms with Gasteiger partial charge in [-0.1, -0.05) is 12.1 Å². The lowest BCUT2D eigenvalue weighted by Crippen LogP contribution is -2.34. The summed E-state index contributed by atoms with van der Waals surface area (Å²) < 4.78 is 10.6. The van der Waals surface area contributed by atoms with Gasteiger partial charge >= 0.3 is 6.03 Å². The molecule has 0 aliphatic carbocycles. The van der Waals surface area contributed by atoms with E-state index >= 15 is 0 Å². The van der Waals surface area contributed by atoms with Crippen LogP contribution in [0.1, 0.15) is 11.1 Å². The van der Waals surface area contributed by atoms with Crippen molar-refractivity contribution in [2.75, 3.05) is 6.79 Å². The molecule has 4 rings (SSSR count). The number of benzene rings is 1. The van der Waals surface area contributed by atoms with Gasteiger partial charge in [0.2, 0.25) is 6.79 Å². The van der Waals surface area contributed by atoms with E-state index in [0.29, 0.717) is 18.8 Å². The molecular formula is C20H18N4O3.